The molecule has 0 atom stereocenters. The third-order valence-electron chi connectivity index (χ3n) is 2.95. The van der Waals surface area contributed by atoms with E-state index in [2.05, 4.69) is 0 Å². The minimum atomic E-state index is -0.354. The van der Waals surface area contributed by atoms with Crippen molar-refractivity contribution >= 4 is 11.6 Å². The molecule has 3 N–H and O–H groups in total. The van der Waals surface area contributed by atoms with Gasteiger partial charge in [0.1, 0.15) is 5.75 Å². The summed E-state index contributed by atoms with van der Waals surface area (Å²) in [6, 6.07) is 0. The van der Waals surface area contributed by atoms with Gasteiger partial charge in [0.15, 0.2) is 0 Å². The van der Waals surface area contributed by atoms with E-state index in [0.29, 0.717) is 12.2 Å². The van der Waals surface area contributed by atoms with Gasteiger partial charge in [0.2, 0.25) is 0 Å². The second-order valence-electron chi connectivity index (χ2n) is 5.18. The number of aromatic hydroxyl groups is 1. The van der Waals surface area contributed by atoms with Crippen LogP contribution in [0.5, 0.6) is 5.75 Å². The van der Waals surface area contributed by atoms with E-state index >= 15 is 0 Å². The van der Waals surface area contributed by atoms with Crippen LogP contribution in [0.1, 0.15) is 36.1 Å². The molecule has 0 bridgehead atoms. The first-order valence-electron chi connectivity index (χ1n) is 5.41. The second kappa shape index (κ2) is 4.27. The van der Waals surface area contributed by atoms with Crippen LogP contribution in [0.4, 0.5) is 0 Å². The summed E-state index contributed by atoms with van der Waals surface area (Å²) in [5.74, 6) is 0.331. The highest BCUT2D eigenvalue weighted by atomic mass is 35.5. The van der Waals surface area contributed by atoms with Crippen LogP contribution in [0.15, 0.2) is 0 Å². The third-order valence-corrected chi connectivity index (χ3v) is 3.51. The summed E-state index contributed by atoms with van der Waals surface area (Å²) in [5.41, 5.74) is 9.21. The third kappa shape index (κ3) is 2.50. The maximum absolute atomic E-state index is 10.1. The number of rotatable bonds is 2. The first-order chi connectivity index (χ1) is 7.15. The largest absolute Gasteiger partial charge is 0.507 e. The van der Waals surface area contributed by atoms with E-state index in [4.69, 9.17) is 17.3 Å². The van der Waals surface area contributed by atoms with Gasteiger partial charge < -0.3 is 10.8 Å². The molecular formula is C13H20ClNO. The highest BCUT2D eigenvalue weighted by molar-refractivity contribution is 6.32. The second-order valence-corrected chi connectivity index (χ2v) is 5.56. The summed E-state index contributed by atoms with van der Waals surface area (Å²) in [6.07, 6.45) is 0.617. The number of hydrogen-bond donors (Lipinski definition) is 2. The van der Waals surface area contributed by atoms with Crippen molar-refractivity contribution in [2.24, 2.45) is 5.73 Å². The van der Waals surface area contributed by atoms with Crippen molar-refractivity contribution in [3.05, 3.63) is 27.3 Å². The van der Waals surface area contributed by atoms with Crippen LogP contribution < -0.4 is 5.73 Å². The lowest BCUT2D eigenvalue weighted by atomic mass is 9.89. The Hall–Kier alpha value is -0.730. The van der Waals surface area contributed by atoms with Crippen LogP contribution >= 0.6 is 11.6 Å². The lowest BCUT2D eigenvalue weighted by Crippen LogP contribution is -2.34. The molecule has 90 valence electrons. The molecular weight excluding hydrogens is 222 g/mol. The van der Waals surface area contributed by atoms with Gasteiger partial charge in [-0.3, -0.25) is 0 Å². The van der Waals surface area contributed by atoms with Gasteiger partial charge in [-0.05, 0) is 57.7 Å². The van der Waals surface area contributed by atoms with Crippen LogP contribution in [0, 0.1) is 20.8 Å². The van der Waals surface area contributed by atoms with Crippen molar-refractivity contribution in [3.63, 3.8) is 0 Å². The number of phenols is 1. The zero-order valence-corrected chi connectivity index (χ0v) is 11.4. The number of phenolic OH excluding ortho intramolecular Hbond substituents is 1. The van der Waals surface area contributed by atoms with E-state index < -0.39 is 0 Å². The van der Waals surface area contributed by atoms with E-state index in [1.165, 1.54) is 0 Å². The Morgan fingerprint density at radius 1 is 1.12 bits per heavy atom. The van der Waals surface area contributed by atoms with Gasteiger partial charge in [-0.2, -0.15) is 0 Å². The highest BCUT2D eigenvalue weighted by Gasteiger charge is 2.20. The summed E-state index contributed by atoms with van der Waals surface area (Å²) in [6.45, 7) is 9.60. The Balaban J connectivity index is 3.40. The van der Waals surface area contributed by atoms with E-state index in [9.17, 15) is 5.11 Å². The summed E-state index contributed by atoms with van der Waals surface area (Å²) >= 11 is 6.24. The molecule has 0 fully saturated rings. The summed E-state index contributed by atoms with van der Waals surface area (Å²) in [7, 11) is 0. The molecule has 0 saturated heterocycles. The highest BCUT2D eigenvalue weighted by Crippen LogP contribution is 2.36. The Morgan fingerprint density at radius 3 is 2.06 bits per heavy atom. The molecule has 2 nitrogen and oxygen atoms in total. The van der Waals surface area contributed by atoms with Gasteiger partial charge in [0.25, 0.3) is 0 Å². The molecule has 3 heteroatoms. The van der Waals surface area contributed by atoms with Gasteiger partial charge in [0, 0.05) is 16.1 Å². The smallest absolute Gasteiger partial charge is 0.122 e. The quantitative estimate of drug-likeness (QED) is 0.835. The normalized spacial score (nSPS) is 11.9. The van der Waals surface area contributed by atoms with Crippen molar-refractivity contribution in [3.8, 4) is 5.75 Å². The van der Waals surface area contributed by atoms with E-state index in [1.807, 2.05) is 34.6 Å². The molecule has 16 heavy (non-hydrogen) atoms. The molecule has 0 aliphatic carbocycles. The van der Waals surface area contributed by atoms with E-state index in [0.717, 1.165) is 27.3 Å². The molecule has 0 unspecified atom stereocenters. The summed E-state index contributed by atoms with van der Waals surface area (Å²) < 4.78 is 0. The topological polar surface area (TPSA) is 46.2 Å². The van der Waals surface area contributed by atoms with Crippen molar-refractivity contribution < 1.29 is 5.11 Å². The van der Waals surface area contributed by atoms with Crippen molar-refractivity contribution in [2.75, 3.05) is 0 Å². The van der Waals surface area contributed by atoms with Crippen molar-refractivity contribution in [2.45, 2.75) is 46.6 Å². The van der Waals surface area contributed by atoms with Crippen LogP contribution in [0.25, 0.3) is 0 Å². The van der Waals surface area contributed by atoms with Crippen molar-refractivity contribution in [1.82, 2.24) is 0 Å². The Bertz CT molecular complexity index is 390. The molecule has 0 aliphatic heterocycles. The SMILES string of the molecule is Cc1c(C)c(Cl)c(C)c(CC(C)(C)N)c1O. The fourth-order valence-corrected chi connectivity index (χ4v) is 2.09. The standard InChI is InChI=1S/C13H20ClNO/c1-7-8(2)12(16)10(6-13(4,5)15)9(3)11(7)14/h16H,6,15H2,1-5H3. The summed E-state index contributed by atoms with van der Waals surface area (Å²) in [5, 5.41) is 10.9. The molecule has 0 radical (unpaired) electrons. The van der Waals surface area contributed by atoms with Crippen LogP contribution in [-0.4, -0.2) is 10.6 Å². The van der Waals surface area contributed by atoms with E-state index in [-0.39, 0.29) is 5.54 Å². The Morgan fingerprint density at radius 2 is 1.62 bits per heavy atom. The predicted octanol–water partition coefficient (Wildman–Crippen LogP) is 3.25. The summed E-state index contributed by atoms with van der Waals surface area (Å²) in [4.78, 5) is 0. The van der Waals surface area contributed by atoms with Gasteiger partial charge in [-0.15, -0.1) is 0 Å². The predicted molar refractivity (Wildman–Crippen MR) is 69.3 cm³/mol. The molecule has 0 amide bonds. The maximum atomic E-state index is 10.1. The van der Waals surface area contributed by atoms with E-state index in [1.54, 1.807) is 0 Å². The zero-order valence-electron chi connectivity index (χ0n) is 10.6. The molecule has 1 aromatic carbocycles. The van der Waals surface area contributed by atoms with Crippen LogP contribution in [-0.2, 0) is 6.42 Å². The lowest BCUT2D eigenvalue weighted by molar-refractivity contribution is 0.445. The van der Waals surface area contributed by atoms with Crippen molar-refractivity contribution in [1.29, 1.82) is 0 Å². The molecule has 1 rings (SSSR count). The van der Waals surface area contributed by atoms with Crippen LogP contribution in [0.3, 0.4) is 0 Å². The maximum Gasteiger partial charge on any atom is 0.122 e. The minimum Gasteiger partial charge on any atom is -0.507 e. The number of nitrogens with two attached hydrogens (primary N) is 1. The zero-order chi connectivity index (χ0) is 12.7. The molecule has 0 heterocycles. The average molecular weight is 242 g/mol. The monoisotopic (exact) mass is 241 g/mol. The minimum absolute atomic E-state index is 0.331. The molecule has 1 aromatic rings. The average Bonchev–Trinajstić information content (AvgIpc) is 2.17. The van der Waals surface area contributed by atoms with Crippen LogP contribution in [0.2, 0.25) is 5.02 Å². The van der Waals surface area contributed by atoms with Gasteiger partial charge in [-0.25, -0.2) is 0 Å². The first kappa shape index (κ1) is 13.3. The van der Waals surface area contributed by atoms with Gasteiger partial charge >= 0.3 is 0 Å². The lowest BCUT2D eigenvalue weighted by Gasteiger charge is -2.23. The fourth-order valence-electron chi connectivity index (χ4n) is 1.83. The molecule has 0 aromatic heterocycles. The fraction of sp³-hybridized carbons (Fsp3) is 0.538. The van der Waals surface area contributed by atoms with Gasteiger partial charge in [-0.1, -0.05) is 11.6 Å². The number of hydrogen-bond acceptors (Lipinski definition) is 2. The van der Waals surface area contributed by atoms with Gasteiger partial charge in [0.05, 0.1) is 0 Å². The molecule has 0 saturated carbocycles. The number of halogens is 1. The Labute approximate surface area is 102 Å². The Kier molecular flexibility index (Phi) is 3.56. The molecule has 0 aliphatic rings. The number of benzene rings is 1. The molecule has 0 spiro atoms. The first-order valence-corrected chi connectivity index (χ1v) is 5.79.